The molecule has 1 spiro atoms. The van der Waals surface area contributed by atoms with Crippen LogP contribution in [0.15, 0.2) is 23.0 Å². The number of rotatable bonds is 0. The average Bonchev–Trinajstić information content (AvgIpc) is 2.75. The maximum absolute atomic E-state index is 10.6. The Hall–Kier alpha value is -0.720. The molecular formula is C17H22O. The van der Waals surface area contributed by atoms with E-state index in [4.69, 9.17) is 0 Å². The van der Waals surface area contributed by atoms with Crippen LogP contribution in [0.1, 0.15) is 51.4 Å². The first-order chi connectivity index (χ1) is 8.80. The van der Waals surface area contributed by atoms with Gasteiger partial charge in [-0.2, -0.15) is 0 Å². The van der Waals surface area contributed by atoms with Gasteiger partial charge in [0.15, 0.2) is 0 Å². The molecule has 0 aliphatic heterocycles. The topological polar surface area (TPSA) is 20.2 Å². The minimum Gasteiger partial charge on any atom is -0.512 e. The van der Waals surface area contributed by atoms with E-state index in [9.17, 15) is 5.11 Å². The number of hydrogen-bond acceptors (Lipinski definition) is 1. The van der Waals surface area contributed by atoms with E-state index in [0.717, 1.165) is 29.4 Å². The Morgan fingerprint density at radius 3 is 2.94 bits per heavy atom. The number of aliphatic hydroxyl groups is 1. The molecule has 0 aromatic rings. The normalized spacial score (nSPS) is 52.3. The summed E-state index contributed by atoms with van der Waals surface area (Å²) >= 11 is 0. The molecule has 1 nitrogen and oxygen atoms in total. The van der Waals surface area contributed by atoms with Crippen molar-refractivity contribution in [3.05, 3.63) is 23.0 Å². The lowest BCUT2D eigenvalue weighted by atomic mass is 9.64. The van der Waals surface area contributed by atoms with Gasteiger partial charge in [-0.1, -0.05) is 5.57 Å². The summed E-state index contributed by atoms with van der Waals surface area (Å²) in [5.41, 5.74) is 3.63. The van der Waals surface area contributed by atoms with Gasteiger partial charge in [0, 0.05) is 5.41 Å². The number of allylic oxidation sites excluding steroid dienone is 4. The van der Waals surface area contributed by atoms with Crippen LogP contribution >= 0.6 is 0 Å². The molecule has 0 saturated heterocycles. The predicted molar refractivity (Wildman–Crippen MR) is 71.1 cm³/mol. The van der Waals surface area contributed by atoms with Crippen molar-refractivity contribution in [3.8, 4) is 0 Å². The third-order valence-corrected chi connectivity index (χ3v) is 6.98. The van der Waals surface area contributed by atoms with E-state index in [1.54, 1.807) is 11.1 Å². The van der Waals surface area contributed by atoms with Gasteiger partial charge in [-0.25, -0.2) is 0 Å². The molecule has 0 bridgehead atoms. The summed E-state index contributed by atoms with van der Waals surface area (Å²) in [5, 5.41) is 10.6. The lowest BCUT2D eigenvalue weighted by Crippen LogP contribution is -2.33. The maximum atomic E-state index is 10.6. The van der Waals surface area contributed by atoms with Gasteiger partial charge in [0.05, 0.1) is 5.76 Å². The number of fused-ring (bicyclic) bond motifs is 3. The molecule has 3 saturated carbocycles. The second-order valence-corrected chi connectivity index (χ2v) is 7.41. The average molecular weight is 242 g/mol. The lowest BCUT2D eigenvalue weighted by Gasteiger charge is -2.41. The summed E-state index contributed by atoms with van der Waals surface area (Å²) in [4.78, 5) is 0. The zero-order valence-corrected chi connectivity index (χ0v) is 11.0. The summed E-state index contributed by atoms with van der Waals surface area (Å²) in [6.45, 7) is 0. The standard InChI is InChI=1S/C17H22O/c18-16-8-14-12-3-1-2-10(12)4-6-13(14)15-7-5-11-9-17(11,15)16/h8,10-11,13,15,18H,1-7,9H2. The van der Waals surface area contributed by atoms with E-state index in [1.807, 2.05) is 0 Å². The molecule has 0 aromatic heterocycles. The van der Waals surface area contributed by atoms with Crippen molar-refractivity contribution in [2.75, 3.05) is 0 Å². The van der Waals surface area contributed by atoms with Crippen LogP contribution in [0.25, 0.3) is 0 Å². The van der Waals surface area contributed by atoms with Crippen molar-refractivity contribution < 1.29 is 5.11 Å². The SMILES string of the molecule is OC1=CC2=C3CCCC3CCC2C2CCC3CC132. The van der Waals surface area contributed by atoms with Crippen molar-refractivity contribution in [1.29, 1.82) is 0 Å². The van der Waals surface area contributed by atoms with Crippen molar-refractivity contribution in [2.24, 2.45) is 29.1 Å². The van der Waals surface area contributed by atoms with Crippen LogP contribution in [0, 0.1) is 29.1 Å². The largest absolute Gasteiger partial charge is 0.512 e. The first-order valence-electron chi connectivity index (χ1n) is 7.95. The third kappa shape index (κ3) is 0.984. The molecule has 5 unspecified atom stereocenters. The van der Waals surface area contributed by atoms with Crippen molar-refractivity contribution in [1.82, 2.24) is 0 Å². The van der Waals surface area contributed by atoms with E-state index in [0.29, 0.717) is 0 Å². The first-order valence-corrected chi connectivity index (χ1v) is 7.95. The van der Waals surface area contributed by atoms with Crippen LogP contribution in [0.2, 0.25) is 0 Å². The molecule has 0 amide bonds. The molecule has 1 N–H and O–H groups in total. The highest BCUT2D eigenvalue weighted by molar-refractivity contribution is 5.44. The zero-order chi connectivity index (χ0) is 11.9. The lowest BCUT2D eigenvalue weighted by molar-refractivity contribution is 0.174. The van der Waals surface area contributed by atoms with Crippen molar-refractivity contribution >= 4 is 0 Å². The van der Waals surface area contributed by atoms with E-state index in [2.05, 4.69) is 6.08 Å². The van der Waals surface area contributed by atoms with Crippen LogP contribution in [-0.4, -0.2) is 5.11 Å². The van der Waals surface area contributed by atoms with E-state index in [1.165, 1.54) is 51.4 Å². The third-order valence-electron chi connectivity index (χ3n) is 6.98. The van der Waals surface area contributed by atoms with Gasteiger partial charge in [0.2, 0.25) is 0 Å². The molecule has 0 heterocycles. The minimum absolute atomic E-state index is 0.278. The monoisotopic (exact) mass is 242 g/mol. The molecule has 0 radical (unpaired) electrons. The highest BCUT2D eigenvalue weighted by Crippen LogP contribution is 2.74. The van der Waals surface area contributed by atoms with Gasteiger partial charge in [0.1, 0.15) is 0 Å². The van der Waals surface area contributed by atoms with Crippen LogP contribution < -0.4 is 0 Å². The molecule has 96 valence electrons. The molecule has 0 aromatic carbocycles. The minimum atomic E-state index is 0.278. The van der Waals surface area contributed by atoms with E-state index < -0.39 is 0 Å². The Labute approximate surface area is 109 Å². The Balaban J connectivity index is 1.68. The molecule has 18 heavy (non-hydrogen) atoms. The highest BCUT2D eigenvalue weighted by atomic mass is 16.3. The molecular weight excluding hydrogens is 220 g/mol. The summed E-state index contributed by atoms with van der Waals surface area (Å²) in [5.74, 6) is 4.12. The summed E-state index contributed by atoms with van der Waals surface area (Å²) < 4.78 is 0. The smallest absolute Gasteiger partial charge is 0.0992 e. The Kier molecular flexibility index (Phi) is 1.72. The van der Waals surface area contributed by atoms with Gasteiger partial charge in [-0.15, -0.1) is 0 Å². The van der Waals surface area contributed by atoms with Gasteiger partial charge >= 0.3 is 0 Å². The van der Waals surface area contributed by atoms with Crippen LogP contribution in [0.4, 0.5) is 0 Å². The number of aliphatic hydroxyl groups excluding tert-OH is 1. The van der Waals surface area contributed by atoms with E-state index in [-0.39, 0.29) is 5.41 Å². The van der Waals surface area contributed by atoms with Crippen LogP contribution in [0.3, 0.4) is 0 Å². The zero-order valence-electron chi connectivity index (χ0n) is 11.0. The summed E-state index contributed by atoms with van der Waals surface area (Å²) in [6, 6.07) is 0. The van der Waals surface area contributed by atoms with Gasteiger partial charge in [0.25, 0.3) is 0 Å². The van der Waals surface area contributed by atoms with Crippen LogP contribution in [-0.2, 0) is 0 Å². The fraction of sp³-hybridized carbons (Fsp3) is 0.765. The molecule has 3 fully saturated rings. The first kappa shape index (κ1) is 10.1. The van der Waals surface area contributed by atoms with Gasteiger partial charge < -0.3 is 5.11 Å². The summed E-state index contributed by atoms with van der Waals surface area (Å²) in [7, 11) is 0. The molecule has 5 aliphatic rings. The highest BCUT2D eigenvalue weighted by Gasteiger charge is 2.68. The van der Waals surface area contributed by atoms with Crippen molar-refractivity contribution in [3.63, 3.8) is 0 Å². The maximum Gasteiger partial charge on any atom is 0.0992 e. The molecule has 5 atom stereocenters. The van der Waals surface area contributed by atoms with Crippen molar-refractivity contribution in [2.45, 2.75) is 51.4 Å². The van der Waals surface area contributed by atoms with Crippen LogP contribution in [0.5, 0.6) is 0 Å². The molecule has 5 aliphatic carbocycles. The van der Waals surface area contributed by atoms with Gasteiger partial charge in [-0.05, 0) is 86.7 Å². The Bertz CT molecular complexity index is 486. The second-order valence-electron chi connectivity index (χ2n) is 7.41. The van der Waals surface area contributed by atoms with E-state index >= 15 is 0 Å². The Morgan fingerprint density at radius 2 is 2.06 bits per heavy atom. The molecule has 5 rings (SSSR count). The summed E-state index contributed by atoms with van der Waals surface area (Å²) in [6.07, 6.45) is 13.3. The predicted octanol–water partition coefficient (Wildman–Crippen LogP) is 4.36. The fourth-order valence-electron chi connectivity index (χ4n) is 6.15. The fourth-order valence-corrected chi connectivity index (χ4v) is 6.15. The number of hydrogen-bond donors (Lipinski definition) is 1. The molecule has 1 heteroatoms. The van der Waals surface area contributed by atoms with Gasteiger partial charge in [-0.3, -0.25) is 0 Å². The quantitative estimate of drug-likeness (QED) is 0.669. The second kappa shape index (κ2) is 3.05. The Morgan fingerprint density at radius 1 is 1.11 bits per heavy atom.